The van der Waals surface area contributed by atoms with E-state index in [1.54, 1.807) is 10.9 Å². The van der Waals surface area contributed by atoms with Crippen LogP contribution in [0.5, 0.6) is 0 Å². The second-order valence-electron chi connectivity index (χ2n) is 3.69. The summed E-state index contributed by atoms with van der Waals surface area (Å²) in [5.41, 5.74) is 1.62. The second-order valence-corrected chi connectivity index (χ2v) is 3.69. The van der Waals surface area contributed by atoms with E-state index in [-0.39, 0.29) is 5.78 Å². The van der Waals surface area contributed by atoms with Gasteiger partial charge in [0.2, 0.25) is 0 Å². The van der Waals surface area contributed by atoms with Gasteiger partial charge in [-0.25, -0.2) is 0 Å². The van der Waals surface area contributed by atoms with E-state index in [2.05, 4.69) is 10.1 Å². The van der Waals surface area contributed by atoms with E-state index in [0.29, 0.717) is 12.8 Å². The molecule has 2 rings (SSSR count). The number of pyridine rings is 1. The lowest BCUT2D eigenvalue weighted by Gasteiger charge is -1.98. The van der Waals surface area contributed by atoms with Gasteiger partial charge in [-0.2, -0.15) is 5.10 Å². The number of aromatic nitrogens is 3. The molecule has 2 aromatic heterocycles. The molecule has 0 aliphatic heterocycles. The van der Waals surface area contributed by atoms with Crippen molar-refractivity contribution in [3.8, 4) is 0 Å². The van der Waals surface area contributed by atoms with Crippen molar-refractivity contribution in [2.75, 3.05) is 0 Å². The van der Waals surface area contributed by atoms with E-state index in [9.17, 15) is 4.79 Å². The van der Waals surface area contributed by atoms with Crippen molar-refractivity contribution in [2.45, 2.75) is 12.8 Å². The number of carbonyl (C=O) groups is 1. The van der Waals surface area contributed by atoms with Crippen molar-refractivity contribution in [3.63, 3.8) is 0 Å². The highest BCUT2D eigenvalue weighted by atomic mass is 16.1. The first kappa shape index (κ1) is 10.5. The number of hydrogen-bond donors (Lipinski definition) is 0. The fourth-order valence-corrected chi connectivity index (χ4v) is 1.53. The van der Waals surface area contributed by atoms with Crippen LogP contribution < -0.4 is 0 Å². The highest BCUT2D eigenvalue weighted by molar-refractivity contribution is 5.82. The average molecular weight is 215 g/mol. The molecule has 4 heteroatoms. The molecule has 0 saturated heterocycles. The summed E-state index contributed by atoms with van der Waals surface area (Å²) >= 11 is 0. The lowest BCUT2D eigenvalue weighted by molar-refractivity contribution is -0.117. The minimum atomic E-state index is 0.136. The molecule has 4 nitrogen and oxygen atoms in total. The Morgan fingerprint density at radius 3 is 2.69 bits per heavy atom. The van der Waals surface area contributed by atoms with Crippen LogP contribution in [0.4, 0.5) is 0 Å². The minimum Gasteiger partial charge on any atom is -0.299 e. The van der Waals surface area contributed by atoms with Gasteiger partial charge in [-0.1, -0.05) is 6.07 Å². The van der Waals surface area contributed by atoms with Crippen LogP contribution >= 0.6 is 0 Å². The molecule has 0 saturated carbocycles. The van der Waals surface area contributed by atoms with Gasteiger partial charge in [0.1, 0.15) is 5.78 Å². The van der Waals surface area contributed by atoms with Gasteiger partial charge in [0.25, 0.3) is 0 Å². The van der Waals surface area contributed by atoms with E-state index >= 15 is 0 Å². The Hall–Kier alpha value is -1.97. The van der Waals surface area contributed by atoms with Crippen molar-refractivity contribution in [1.82, 2.24) is 14.8 Å². The predicted molar refractivity (Wildman–Crippen MR) is 59.9 cm³/mol. The smallest absolute Gasteiger partial charge is 0.144 e. The Morgan fingerprint density at radius 1 is 1.25 bits per heavy atom. The number of ketones is 1. The molecule has 16 heavy (non-hydrogen) atoms. The van der Waals surface area contributed by atoms with Crippen LogP contribution in [0.25, 0.3) is 0 Å². The molecule has 0 N–H and O–H groups in total. The molecule has 0 amide bonds. The highest BCUT2D eigenvalue weighted by Gasteiger charge is 2.07. The molecular weight excluding hydrogens is 202 g/mol. The topological polar surface area (TPSA) is 47.8 Å². The number of rotatable bonds is 4. The molecule has 0 aromatic carbocycles. The summed E-state index contributed by atoms with van der Waals surface area (Å²) in [5, 5.41) is 4.17. The van der Waals surface area contributed by atoms with Crippen LogP contribution in [0.3, 0.4) is 0 Å². The Bertz CT molecular complexity index is 476. The molecule has 0 fully saturated rings. The molecule has 0 bridgehead atoms. The van der Waals surface area contributed by atoms with Crippen molar-refractivity contribution in [2.24, 2.45) is 7.05 Å². The first-order chi connectivity index (χ1) is 7.74. The largest absolute Gasteiger partial charge is 0.299 e. The molecule has 82 valence electrons. The first-order valence-electron chi connectivity index (χ1n) is 5.14. The van der Waals surface area contributed by atoms with Gasteiger partial charge in [0, 0.05) is 31.6 Å². The minimum absolute atomic E-state index is 0.136. The van der Waals surface area contributed by atoms with Gasteiger partial charge in [0.15, 0.2) is 0 Å². The molecule has 0 radical (unpaired) electrons. The molecule has 2 heterocycles. The number of nitrogens with zero attached hydrogens (tertiary/aromatic N) is 3. The van der Waals surface area contributed by atoms with Gasteiger partial charge in [-0.05, 0) is 18.2 Å². The number of aryl methyl sites for hydroxylation is 1. The highest BCUT2D eigenvalue weighted by Crippen LogP contribution is 2.01. The Balaban J connectivity index is 1.95. The summed E-state index contributed by atoms with van der Waals surface area (Å²) in [6, 6.07) is 7.44. The zero-order valence-electron chi connectivity index (χ0n) is 9.13. The average Bonchev–Trinajstić information content (AvgIpc) is 2.65. The van der Waals surface area contributed by atoms with Gasteiger partial charge >= 0.3 is 0 Å². The number of hydrogen-bond acceptors (Lipinski definition) is 3. The zero-order chi connectivity index (χ0) is 11.4. The lowest BCUT2D eigenvalue weighted by Crippen LogP contribution is -2.08. The van der Waals surface area contributed by atoms with E-state index < -0.39 is 0 Å². The maximum absolute atomic E-state index is 11.7. The molecule has 0 aliphatic carbocycles. The van der Waals surface area contributed by atoms with Crippen molar-refractivity contribution in [1.29, 1.82) is 0 Å². The third-order valence-corrected chi connectivity index (χ3v) is 2.25. The van der Waals surface area contributed by atoms with E-state index in [4.69, 9.17) is 0 Å². The maximum Gasteiger partial charge on any atom is 0.144 e. The lowest BCUT2D eigenvalue weighted by atomic mass is 10.1. The summed E-state index contributed by atoms with van der Waals surface area (Å²) in [7, 11) is 1.84. The summed E-state index contributed by atoms with van der Waals surface area (Å²) in [4.78, 5) is 15.8. The Kier molecular flexibility index (Phi) is 3.10. The van der Waals surface area contributed by atoms with Crippen LogP contribution in [0.15, 0.2) is 36.7 Å². The maximum atomic E-state index is 11.7. The normalized spacial score (nSPS) is 10.3. The monoisotopic (exact) mass is 215 g/mol. The Morgan fingerprint density at radius 2 is 2.06 bits per heavy atom. The van der Waals surface area contributed by atoms with Gasteiger partial charge in [0.05, 0.1) is 12.1 Å². The van der Waals surface area contributed by atoms with Gasteiger partial charge < -0.3 is 0 Å². The quantitative estimate of drug-likeness (QED) is 0.769. The molecule has 0 atom stereocenters. The van der Waals surface area contributed by atoms with E-state index in [1.807, 2.05) is 37.5 Å². The van der Waals surface area contributed by atoms with Crippen molar-refractivity contribution >= 4 is 5.78 Å². The Labute approximate surface area is 93.9 Å². The van der Waals surface area contributed by atoms with Crippen LogP contribution in [0, 0.1) is 0 Å². The molecule has 0 aliphatic rings. The molecular formula is C12H13N3O. The van der Waals surface area contributed by atoms with Gasteiger partial charge in [-0.3, -0.25) is 14.5 Å². The summed E-state index contributed by atoms with van der Waals surface area (Å²) in [6.45, 7) is 0. The van der Waals surface area contributed by atoms with Gasteiger partial charge in [-0.15, -0.1) is 0 Å². The number of carbonyl (C=O) groups excluding carboxylic acids is 1. The first-order valence-corrected chi connectivity index (χ1v) is 5.14. The van der Waals surface area contributed by atoms with Crippen LogP contribution in [-0.2, 0) is 24.7 Å². The number of Topliss-reactive ketones (excluding diaryl/α,β-unsaturated/α-hetero) is 1. The molecule has 0 unspecified atom stereocenters. The standard InChI is InChI=1S/C12H13N3O/c1-15-7-5-11(14-15)9-12(16)8-10-4-2-3-6-13-10/h2-7H,8-9H2,1H3. The summed E-state index contributed by atoms with van der Waals surface area (Å²) in [6.07, 6.45) is 4.28. The van der Waals surface area contributed by atoms with Crippen molar-refractivity contribution < 1.29 is 4.79 Å². The summed E-state index contributed by atoms with van der Waals surface area (Å²) in [5.74, 6) is 0.136. The van der Waals surface area contributed by atoms with Crippen molar-refractivity contribution in [3.05, 3.63) is 48.0 Å². The fraction of sp³-hybridized carbons (Fsp3) is 0.250. The third kappa shape index (κ3) is 2.76. The van der Waals surface area contributed by atoms with Crippen LogP contribution in [0.2, 0.25) is 0 Å². The van der Waals surface area contributed by atoms with E-state index in [1.165, 1.54) is 0 Å². The second kappa shape index (κ2) is 4.70. The SMILES string of the molecule is Cn1ccc(CC(=O)Cc2ccccn2)n1. The zero-order valence-corrected chi connectivity index (χ0v) is 9.13. The molecule has 2 aromatic rings. The third-order valence-electron chi connectivity index (χ3n) is 2.25. The fourth-order valence-electron chi connectivity index (χ4n) is 1.53. The molecule has 0 spiro atoms. The van der Waals surface area contributed by atoms with E-state index in [0.717, 1.165) is 11.4 Å². The summed E-state index contributed by atoms with van der Waals surface area (Å²) < 4.78 is 1.70. The van der Waals surface area contributed by atoms with Crippen LogP contribution in [0.1, 0.15) is 11.4 Å². The predicted octanol–water partition coefficient (Wildman–Crippen LogP) is 1.17. The van der Waals surface area contributed by atoms with Crippen LogP contribution in [-0.4, -0.2) is 20.5 Å².